The van der Waals surface area contributed by atoms with Crippen LogP contribution in [0.25, 0.3) is 0 Å². The fourth-order valence-electron chi connectivity index (χ4n) is 3.53. The minimum absolute atomic E-state index is 0.122. The topological polar surface area (TPSA) is 72.5 Å². The molecule has 1 aromatic heterocycles. The predicted molar refractivity (Wildman–Crippen MR) is 87.6 cm³/mol. The second-order valence-corrected chi connectivity index (χ2v) is 6.22. The second kappa shape index (κ2) is 7.75. The fourth-order valence-corrected chi connectivity index (χ4v) is 3.53. The molecule has 1 aliphatic carbocycles. The molecule has 1 saturated carbocycles. The van der Waals surface area contributed by atoms with E-state index in [9.17, 15) is 4.79 Å². The van der Waals surface area contributed by atoms with Gasteiger partial charge in [-0.2, -0.15) is 0 Å². The quantitative estimate of drug-likeness (QED) is 0.783. The number of pyridine rings is 1. The summed E-state index contributed by atoms with van der Waals surface area (Å²) in [7, 11) is 1.61. The molecule has 1 aromatic rings. The lowest BCUT2D eigenvalue weighted by atomic mass is 9.82. The van der Waals surface area contributed by atoms with Crippen LogP contribution in [0.1, 0.15) is 36.0 Å². The Bertz CT molecular complexity index is 520. The average Bonchev–Trinajstić information content (AvgIpc) is 3.05. The van der Waals surface area contributed by atoms with Crippen LogP contribution in [-0.4, -0.2) is 49.9 Å². The zero-order valence-corrected chi connectivity index (χ0v) is 13.6. The van der Waals surface area contributed by atoms with Crippen molar-refractivity contribution in [2.45, 2.75) is 37.8 Å². The minimum Gasteiger partial charge on any atom is -0.383 e. The number of fused-ring (bicyclic) bond motifs is 1. The van der Waals surface area contributed by atoms with Gasteiger partial charge in [-0.25, -0.2) is 4.98 Å². The molecule has 0 spiro atoms. The molecular weight excluding hydrogens is 294 g/mol. The highest BCUT2D eigenvalue weighted by molar-refractivity contribution is 5.94. The summed E-state index contributed by atoms with van der Waals surface area (Å²) in [5.41, 5.74) is 0.567. The molecule has 6 heteroatoms. The summed E-state index contributed by atoms with van der Waals surface area (Å²) >= 11 is 0. The van der Waals surface area contributed by atoms with Gasteiger partial charge in [0.25, 0.3) is 5.91 Å². The molecular formula is C17H25N3O3. The van der Waals surface area contributed by atoms with E-state index < -0.39 is 0 Å². The number of hydrogen-bond acceptors (Lipinski definition) is 5. The molecule has 2 fully saturated rings. The molecule has 3 rings (SSSR count). The van der Waals surface area contributed by atoms with Gasteiger partial charge in [-0.3, -0.25) is 4.79 Å². The molecule has 2 N–H and O–H groups in total. The summed E-state index contributed by atoms with van der Waals surface area (Å²) in [5, 5.41) is 6.32. The zero-order chi connectivity index (χ0) is 16.1. The molecule has 3 unspecified atom stereocenters. The fraction of sp³-hybridized carbons (Fsp3) is 0.647. The Hall–Kier alpha value is -1.66. The molecule has 23 heavy (non-hydrogen) atoms. The van der Waals surface area contributed by atoms with Crippen molar-refractivity contribution in [1.82, 2.24) is 10.3 Å². The predicted octanol–water partition coefficient (Wildman–Crippen LogP) is 1.83. The number of methoxy groups -OCH3 is 1. The smallest absolute Gasteiger partial charge is 0.252 e. The Labute approximate surface area is 137 Å². The van der Waals surface area contributed by atoms with Crippen LogP contribution in [0.4, 0.5) is 5.82 Å². The van der Waals surface area contributed by atoms with Crippen molar-refractivity contribution in [3.8, 4) is 0 Å². The van der Waals surface area contributed by atoms with Gasteiger partial charge in [0.05, 0.1) is 18.3 Å². The number of carbonyl (C=O) groups is 1. The monoisotopic (exact) mass is 319 g/mol. The molecule has 3 atom stereocenters. The SMILES string of the molecule is COCCNC(=O)c1ccc(NC2CCCC3OCCC23)nc1. The van der Waals surface area contributed by atoms with E-state index in [-0.39, 0.29) is 5.91 Å². The van der Waals surface area contributed by atoms with E-state index in [1.54, 1.807) is 13.3 Å². The third kappa shape index (κ3) is 4.00. The first-order valence-electron chi connectivity index (χ1n) is 8.39. The van der Waals surface area contributed by atoms with Crippen molar-refractivity contribution in [3.05, 3.63) is 23.9 Å². The van der Waals surface area contributed by atoms with Gasteiger partial charge in [0.1, 0.15) is 5.82 Å². The molecule has 2 aliphatic rings. The number of amides is 1. The molecule has 0 bridgehead atoms. The summed E-state index contributed by atoms with van der Waals surface area (Å²) in [6.07, 6.45) is 6.69. The van der Waals surface area contributed by atoms with Crippen LogP contribution in [-0.2, 0) is 9.47 Å². The summed E-state index contributed by atoms with van der Waals surface area (Å²) in [4.78, 5) is 16.3. The van der Waals surface area contributed by atoms with E-state index in [4.69, 9.17) is 9.47 Å². The molecule has 1 saturated heterocycles. The molecule has 126 valence electrons. The van der Waals surface area contributed by atoms with Crippen molar-refractivity contribution in [2.24, 2.45) is 5.92 Å². The maximum absolute atomic E-state index is 11.9. The van der Waals surface area contributed by atoms with E-state index >= 15 is 0 Å². The van der Waals surface area contributed by atoms with E-state index in [0.717, 1.165) is 25.3 Å². The van der Waals surface area contributed by atoms with Crippen LogP contribution in [0.15, 0.2) is 18.3 Å². The number of carbonyl (C=O) groups excluding carboxylic acids is 1. The van der Waals surface area contributed by atoms with Gasteiger partial charge in [-0.15, -0.1) is 0 Å². The largest absolute Gasteiger partial charge is 0.383 e. The number of aromatic nitrogens is 1. The average molecular weight is 319 g/mol. The number of anilines is 1. The van der Waals surface area contributed by atoms with Crippen molar-refractivity contribution >= 4 is 11.7 Å². The summed E-state index contributed by atoms with van der Waals surface area (Å²) in [6, 6.07) is 4.11. The maximum Gasteiger partial charge on any atom is 0.252 e. The van der Waals surface area contributed by atoms with E-state index in [1.165, 1.54) is 12.8 Å². The molecule has 1 amide bonds. The number of nitrogens with zero attached hydrogens (tertiary/aromatic N) is 1. The van der Waals surface area contributed by atoms with Crippen molar-refractivity contribution in [2.75, 3.05) is 32.2 Å². The number of ether oxygens (including phenoxy) is 2. The van der Waals surface area contributed by atoms with E-state index in [2.05, 4.69) is 15.6 Å². The molecule has 6 nitrogen and oxygen atoms in total. The Balaban J connectivity index is 1.56. The minimum atomic E-state index is -0.122. The van der Waals surface area contributed by atoms with Gasteiger partial charge in [0.2, 0.25) is 0 Å². The Kier molecular flexibility index (Phi) is 5.46. The van der Waals surface area contributed by atoms with Gasteiger partial charge in [-0.05, 0) is 37.8 Å². The third-order valence-electron chi connectivity index (χ3n) is 4.73. The van der Waals surface area contributed by atoms with Crippen molar-refractivity contribution < 1.29 is 14.3 Å². The zero-order valence-electron chi connectivity index (χ0n) is 13.6. The normalized spacial score (nSPS) is 26.6. The van der Waals surface area contributed by atoms with Gasteiger partial charge < -0.3 is 20.1 Å². The first-order chi connectivity index (χ1) is 11.3. The van der Waals surface area contributed by atoms with Gasteiger partial charge >= 0.3 is 0 Å². The van der Waals surface area contributed by atoms with Gasteiger partial charge in [0, 0.05) is 38.4 Å². The Morgan fingerprint density at radius 3 is 3.09 bits per heavy atom. The van der Waals surface area contributed by atoms with Crippen LogP contribution >= 0.6 is 0 Å². The lowest BCUT2D eigenvalue weighted by Crippen LogP contribution is -2.38. The van der Waals surface area contributed by atoms with E-state index in [1.807, 2.05) is 12.1 Å². The first-order valence-corrected chi connectivity index (χ1v) is 8.39. The highest BCUT2D eigenvalue weighted by atomic mass is 16.5. The van der Waals surface area contributed by atoms with Crippen molar-refractivity contribution in [3.63, 3.8) is 0 Å². The van der Waals surface area contributed by atoms with Crippen LogP contribution < -0.4 is 10.6 Å². The number of hydrogen-bond donors (Lipinski definition) is 2. The summed E-state index contributed by atoms with van der Waals surface area (Å²) in [6.45, 7) is 1.88. The standard InChI is InChI=1S/C17H25N3O3/c1-22-10-8-18-17(21)12-5-6-16(19-11-12)20-14-3-2-4-15-13(14)7-9-23-15/h5-6,11,13-15H,2-4,7-10H2,1H3,(H,18,21)(H,19,20). The lowest BCUT2D eigenvalue weighted by molar-refractivity contribution is 0.0619. The molecule has 0 radical (unpaired) electrons. The lowest BCUT2D eigenvalue weighted by Gasteiger charge is -2.33. The summed E-state index contributed by atoms with van der Waals surface area (Å²) in [5.74, 6) is 1.29. The van der Waals surface area contributed by atoms with E-state index in [0.29, 0.717) is 36.8 Å². The van der Waals surface area contributed by atoms with Crippen molar-refractivity contribution in [1.29, 1.82) is 0 Å². The van der Waals surface area contributed by atoms with Gasteiger partial charge in [0.15, 0.2) is 0 Å². The number of rotatable bonds is 6. The second-order valence-electron chi connectivity index (χ2n) is 6.22. The molecule has 1 aliphatic heterocycles. The Morgan fingerprint density at radius 1 is 1.39 bits per heavy atom. The Morgan fingerprint density at radius 2 is 2.30 bits per heavy atom. The maximum atomic E-state index is 11.9. The highest BCUT2D eigenvalue weighted by Gasteiger charge is 2.37. The summed E-state index contributed by atoms with van der Waals surface area (Å²) < 4.78 is 10.7. The molecule has 0 aromatic carbocycles. The van der Waals surface area contributed by atoms with Crippen LogP contribution in [0.3, 0.4) is 0 Å². The van der Waals surface area contributed by atoms with Crippen LogP contribution in [0, 0.1) is 5.92 Å². The van der Waals surface area contributed by atoms with Crippen LogP contribution in [0.2, 0.25) is 0 Å². The first kappa shape index (κ1) is 16.2. The number of nitrogens with one attached hydrogen (secondary N) is 2. The third-order valence-corrected chi connectivity index (χ3v) is 4.73. The highest BCUT2D eigenvalue weighted by Crippen LogP contribution is 2.35. The van der Waals surface area contributed by atoms with Crippen LogP contribution in [0.5, 0.6) is 0 Å². The van der Waals surface area contributed by atoms with Gasteiger partial charge in [-0.1, -0.05) is 0 Å². The molecule has 2 heterocycles.